The number of nitrogens with zero attached hydrogens (tertiary/aromatic N) is 2. The van der Waals surface area contributed by atoms with Crippen LogP contribution in [0.15, 0.2) is 54.9 Å². The number of pyridine rings is 1. The molecule has 0 aliphatic carbocycles. The molecule has 2 aromatic carbocycles. The number of anilines is 2. The summed E-state index contributed by atoms with van der Waals surface area (Å²) in [5.74, 6) is -0.859. The van der Waals surface area contributed by atoms with Gasteiger partial charge in [-0.1, -0.05) is 18.2 Å². The number of amides is 3. The van der Waals surface area contributed by atoms with E-state index in [4.69, 9.17) is 5.73 Å². The molecule has 2 heterocycles. The molecule has 8 nitrogen and oxygen atoms in total. The summed E-state index contributed by atoms with van der Waals surface area (Å²) in [5.41, 5.74) is 8.25. The highest BCUT2D eigenvalue weighted by Crippen LogP contribution is 2.24. The minimum absolute atomic E-state index is 0.0958. The molecular weight excluding hydrogens is 369 g/mol. The van der Waals surface area contributed by atoms with Crippen LogP contribution in [0.3, 0.4) is 0 Å². The average Bonchev–Trinajstić information content (AvgIpc) is 2.72. The first kappa shape index (κ1) is 18.9. The fraction of sp³-hybridized carbons (Fsp3) is 0.150. The van der Waals surface area contributed by atoms with Crippen molar-refractivity contribution in [3.63, 3.8) is 0 Å². The standard InChI is InChI=1S/C20H20BN5O3/c1-26-20(28)25-18-9-13(3-5-17(18)21(26)29)16(10-22)19(27)24-15-4-2-14-11-23-7-6-12(14)8-15/h2-9,11,16,29H,10,22H2,1H3,(H,24,27)(H,25,28). The Hall–Kier alpha value is -3.43. The SMILES string of the molecule is CN1B(O)c2ccc(C(CN)C(=O)Nc3ccc4cnccc4c3)cc2NC1=O. The van der Waals surface area contributed by atoms with Gasteiger partial charge in [-0.3, -0.25) is 9.78 Å². The van der Waals surface area contributed by atoms with Gasteiger partial charge in [-0.2, -0.15) is 0 Å². The van der Waals surface area contributed by atoms with Crippen molar-refractivity contribution in [2.45, 2.75) is 5.92 Å². The largest absolute Gasteiger partial charge is 0.454 e. The zero-order valence-corrected chi connectivity index (χ0v) is 15.8. The zero-order valence-electron chi connectivity index (χ0n) is 15.8. The van der Waals surface area contributed by atoms with E-state index < -0.39 is 19.0 Å². The molecule has 0 fully saturated rings. The summed E-state index contributed by atoms with van der Waals surface area (Å²) < 4.78 is 0. The quantitative estimate of drug-likeness (QED) is 0.498. The summed E-state index contributed by atoms with van der Waals surface area (Å²) in [6, 6.07) is 12.2. The maximum atomic E-state index is 12.9. The molecule has 0 saturated heterocycles. The molecule has 1 unspecified atom stereocenters. The third kappa shape index (κ3) is 3.53. The van der Waals surface area contributed by atoms with Crippen LogP contribution in [0.4, 0.5) is 16.2 Å². The second kappa shape index (κ2) is 7.54. The van der Waals surface area contributed by atoms with Crippen molar-refractivity contribution in [3.05, 3.63) is 60.4 Å². The van der Waals surface area contributed by atoms with Crippen LogP contribution < -0.4 is 21.8 Å². The predicted molar refractivity (Wildman–Crippen MR) is 113 cm³/mol. The van der Waals surface area contributed by atoms with Gasteiger partial charge in [0.2, 0.25) is 5.91 Å². The van der Waals surface area contributed by atoms with Crippen molar-refractivity contribution in [3.8, 4) is 0 Å². The highest BCUT2D eigenvalue weighted by atomic mass is 16.2. The van der Waals surface area contributed by atoms with Crippen LogP contribution in [0.5, 0.6) is 0 Å². The van der Waals surface area contributed by atoms with Gasteiger partial charge < -0.3 is 26.2 Å². The molecule has 1 aromatic heterocycles. The Bertz CT molecular complexity index is 1110. The van der Waals surface area contributed by atoms with Crippen LogP contribution in [0.25, 0.3) is 10.8 Å². The van der Waals surface area contributed by atoms with Gasteiger partial charge >= 0.3 is 13.1 Å². The second-order valence-corrected chi connectivity index (χ2v) is 6.98. The molecule has 0 bridgehead atoms. The highest BCUT2D eigenvalue weighted by Gasteiger charge is 2.34. The number of benzene rings is 2. The van der Waals surface area contributed by atoms with E-state index in [1.54, 1.807) is 30.6 Å². The lowest BCUT2D eigenvalue weighted by atomic mass is 9.69. The van der Waals surface area contributed by atoms with Crippen molar-refractivity contribution in [2.75, 3.05) is 24.2 Å². The summed E-state index contributed by atoms with van der Waals surface area (Å²) in [5, 5.41) is 17.8. The predicted octanol–water partition coefficient (Wildman–Crippen LogP) is 1.08. The van der Waals surface area contributed by atoms with Crippen LogP contribution in [0.2, 0.25) is 0 Å². The number of hydrogen-bond acceptors (Lipinski definition) is 5. The lowest BCUT2D eigenvalue weighted by Gasteiger charge is -2.29. The van der Waals surface area contributed by atoms with Crippen molar-refractivity contribution in [1.29, 1.82) is 0 Å². The molecule has 3 aromatic rings. The van der Waals surface area contributed by atoms with E-state index >= 15 is 0 Å². The number of fused-ring (bicyclic) bond motifs is 2. The van der Waals surface area contributed by atoms with Crippen molar-refractivity contribution < 1.29 is 14.6 Å². The van der Waals surface area contributed by atoms with Crippen molar-refractivity contribution in [1.82, 2.24) is 9.79 Å². The van der Waals surface area contributed by atoms with Crippen molar-refractivity contribution >= 4 is 46.6 Å². The maximum Gasteiger partial charge on any atom is 0.454 e. The Labute approximate surface area is 167 Å². The fourth-order valence-corrected chi connectivity index (χ4v) is 3.43. The zero-order chi connectivity index (χ0) is 20.5. The molecule has 29 heavy (non-hydrogen) atoms. The number of nitrogens with one attached hydrogen (secondary N) is 2. The molecule has 1 aliphatic rings. The van der Waals surface area contributed by atoms with Crippen LogP contribution in [-0.4, -0.2) is 47.4 Å². The van der Waals surface area contributed by atoms with Gasteiger partial charge in [0.25, 0.3) is 0 Å². The molecule has 1 aliphatic heterocycles. The monoisotopic (exact) mass is 389 g/mol. The highest BCUT2D eigenvalue weighted by molar-refractivity contribution is 6.69. The summed E-state index contributed by atoms with van der Waals surface area (Å²) >= 11 is 0. The number of carbonyl (C=O) groups is 2. The first-order chi connectivity index (χ1) is 14.0. The number of rotatable bonds is 4. The molecular formula is C20H20BN5O3. The minimum Gasteiger partial charge on any atom is -0.428 e. The van der Waals surface area contributed by atoms with Crippen LogP contribution in [0, 0.1) is 0 Å². The Balaban J connectivity index is 1.59. The molecule has 0 spiro atoms. The Kier molecular flexibility index (Phi) is 4.91. The van der Waals surface area contributed by atoms with E-state index in [2.05, 4.69) is 15.6 Å². The molecule has 0 saturated carbocycles. The number of urea groups is 1. The van der Waals surface area contributed by atoms with E-state index in [0.717, 1.165) is 10.8 Å². The van der Waals surface area contributed by atoms with E-state index in [1.807, 2.05) is 24.3 Å². The third-order valence-electron chi connectivity index (χ3n) is 5.15. The van der Waals surface area contributed by atoms with Gasteiger partial charge in [0, 0.05) is 42.7 Å². The molecule has 146 valence electrons. The number of nitrogens with two attached hydrogens (primary N) is 1. The molecule has 4 rings (SSSR count). The first-order valence-corrected chi connectivity index (χ1v) is 9.18. The molecule has 1 atom stereocenters. The Morgan fingerprint density at radius 2 is 2.10 bits per heavy atom. The lowest BCUT2D eigenvalue weighted by Crippen LogP contribution is -2.56. The molecule has 0 radical (unpaired) electrons. The van der Waals surface area contributed by atoms with Gasteiger partial charge in [-0.25, -0.2) is 4.79 Å². The van der Waals surface area contributed by atoms with E-state index in [-0.39, 0.29) is 12.5 Å². The van der Waals surface area contributed by atoms with E-state index in [9.17, 15) is 14.6 Å². The molecule has 5 N–H and O–H groups in total. The van der Waals surface area contributed by atoms with Gasteiger partial charge in [-0.15, -0.1) is 0 Å². The Morgan fingerprint density at radius 3 is 2.90 bits per heavy atom. The number of aromatic nitrogens is 1. The summed E-state index contributed by atoms with van der Waals surface area (Å²) in [6.45, 7) is 0.0958. The summed E-state index contributed by atoms with van der Waals surface area (Å²) in [7, 11) is 0.470. The maximum absolute atomic E-state index is 12.9. The number of hydrogen-bond donors (Lipinski definition) is 4. The first-order valence-electron chi connectivity index (χ1n) is 9.18. The van der Waals surface area contributed by atoms with E-state index in [1.165, 1.54) is 11.9 Å². The van der Waals surface area contributed by atoms with Crippen LogP contribution in [0.1, 0.15) is 11.5 Å². The number of carbonyl (C=O) groups excluding carboxylic acids is 2. The van der Waals surface area contributed by atoms with Gasteiger partial charge in [0.15, 0.2) is 0 Å². The summed E-state index contributed by atoms with van der Waals surface area (Å²) in [4.78, 5) is 30.1. The van der Waals surface area contributed by atoms with E-state index in [0.29, 0.717) is 22.4 Å². The van der Waals surface area contributed by atoms with Crippen LogP contribution >= 0.6 is 0 Å². The van der Waals surface area contributed by atoms with Crippen LogP contribution in [-0.2, 0) is 4.79 Å². The Morgan fingerprint density at radius 1 is 1.28 bits per heavy atom. The van der Waals surface area contributed by atoms with Gasteiger partial charge in [0.1, 0.15) is 0 Å². The van der Waals surface area contributed by atoms with Gasteiger partial charge in [0.05, 0.1) is 5.92 Å². The van der Waals surface area contributed by atoms with Crippen molar-refractivity contribution in [2.24, 2.45) is 5.73 Å². The average molecular weight is 389 g/mol. The second-order valence-electron chi connectivity index (χ2n) is 6.98. The summed E-state index contributed by atoms with van der Waals surface area (Å²) in [6.07, 6.45) is 3.46. The normalized spacial score (nSPS) is 14.4. The molecule has 3 amide bonds. The lowest BCUT2D eigenvalue weighted by molar-refractivity contribution is -0.117. The smallest absolute Gasteiger partial charge is 0.428 e. The minimum atomic E-state index is -1.04. The topological polar surface area (TPSA) is 121 Å². The molecule has 9 heteroatoms. The third-order valence-corrected chi connectivity index (χ3v) is 5.15. The fourth-order valence-electron chi connectivity index (χ4n) is 3.43. The van der Waals surface area contributed by atoms with Gasteiger partial charge in [-0.05, 0) is 40.7 Å².